The number of hydrogen-bond acceptors (Lipinski definition) is 5. The maximum absolute atomic E-state index is 12.1. The molecule has 1 heterocycles. The number of amides is 1. The first-order chi connectivity index (χ1) is 11.1. The van der Waals surface area contributed by atoms with Gasteiger partial charge in [0.25, 0.3) is 5.95 Å². The number of rotatable bonds is 5. The van der Waals surface area contributed by atoms with Crippen LogP contribution in [0.4, 0.5) is 5.95 Å². The Balaban J connectivity index is 1.61. The van der Waals surface area contributed by atoms with Gasteiger partial charge in [0.15, 0.2) is 0 Å². The number of anilines is 1. The van der Waals surface area contributed by atoms with Crippen molar-refractivity contribution in [2.24, 2.45) is 5.92 Å². The number of hydrogen-bond donors (Lipinski definition) is 2. The SMILES string of the molecule is CC(C(=O)Nc1nn[nH]n1)c1ccc(CC2CCCC2=O)cc1. The summed E-state index contributed by atoms with van der Waals surface area (Å²) in [7, 11) is 0. The minimum absolute atomic E-state index is 0.165. The molecule has 7 nitrogen and oxygen atoms in total. The van der Waals surface area contributed by atoms with Crippen molar-refractivity contribution in [3.63, 3.8) is 0 Å². The van der Waals surface area contributed by atoms with E-state index in [2.05, 4.69) is 25.9 Å². The van der Waals surface area contributed by atoms with E-state index < -0.39 is 0 Å². The second-order valence-corrected chi connectivity index (χ2v) is 5.95. The lowest BCUT2D eigenvalue weighted by Crippen LogP contribution is -2.19. The normalized spacial score (nSPS) is 18.8. The maximum Gasteiger partial charge on any atom is 0.269 e. The van der Waals surface area contributed by atoms with Crippen LogP contribution in [0, 0.1) is 5.92 Å². The molecule has 0 saturated heterocycles. The van der Waals surface area contributed by atoms with Crippen LogP contribution in [0.2, 0.25) is 0 Å². The molecular weight excluding hydrogens is 294 g/mol. The Kier molecular flexibility index (Phi) is 4.45. The molecule has 3 rings (SSSR count). The number of Topliss-reactive ketones (excluding diaryl/α,β-unsaturated/α-hetero) is 1. The van der Waals surface area contributed by atoms with Crippen molar-refractivity contribution in [3.8, 4) is 0 Å². The minimum atomic E-state index is -0.323. The standard InChI is InChI=1S/C16H19N5O2/c1-10(15(23)17-16-18-20-21-19-16)12-7-5-11(6-8-12)9-13-3-2-4-14(13)22/h5-8,10,13H,2-4,9H2,1H3,(H2,17,18,19,20,21,23). The summed E-state index contributed by atoms with van der Waals surface area (Å²) in [5.41, 5.74) is 2.05. The van der Waals surface area contributed by atoms with E-state index in [1.807, 2.05) is 31.2 Å². The van der Waals surface area contributed by atoms with Crippen LogP contribution in [-0.4, -0.2) is 32.3 Å². The van der Waals surface area contributed by atoms with Crippen LogP contribution < -0.4 is 5.32 Å². The molecule has 1 aliphatic rings. The van der Waals surface area contributed by atoms with Gasteiger partial charge in [-0.25, -0.2) is 0 Å². The van der Waals surface area contributed by atoms with Crippen LogP contribution in [0.3, 0.4) is 0 Å². The number of tetrazole rings is 1. The van der Waals surface area contributed by atoms with Gasteiger partial charge in [-0.3, -0.25) is 14.9 Å². The van der Waals surface area contributed by atoms with E-state index in [9.17, 15) is 9.59 Å². The molecule has 1 amide bonds. The minimum Gasteiger partial charge on any atom is -0.299 e. The third kappa shape index (κ3) is 3.61. The Morgan fingerprint density at radius 3 is 2.78 bits per heavy atom. The number of aromatic nitrogens is 4. The number of carbonyl (C=O) groups is 2. The van der Waals surface area contributed by atoms with Gasteiger partial charge in [-0.1, -0.05) is 29.4 Å². The highest BCUT2D eigenvalue weighted by molar-refractivity contribution is 5.94. The number of nitrogens with one attached hydrogen (secondary N) is 2. The van der Waals surface area contributed by atoms with Crippen LogP contribution in [0.1, 0.15) is 43.2 Å². The van der Waals surface area contributed by atoms with Crippen molar-refractivity contribution in [3.05, 3.63) is 35.4 Å². The van der Waals surface area contributed by atoms with Gasteiger partial charge in [-0.15, -0.1) is 5.10 Å². The first-order valence-electron chi connectivity index (χ1n) is 7.79. The number of carbonyl (C=O) groups excluding carboxylic acids is 2. The summed E-state index contributed by atoms with van der Waals surface area (Å²) in [6.45, 7) is 1.82. The first-order valence-corrected chi connectivity index (χ1v) is 7.79. The predicted molar refractivity (Wildman–Crippen MR) is 83.7 cm³/mol. The number of ketones is 1. The monoisotopic (exact) mass is 313 g/mol. The Morgan fingerprint density at radius 2 is 2.17 bits per heavy atom. The zero-order valence-corrected chi connectivity index (χ0v) is 13.0. The molecule has 0 spiro atoms. The Bertz CT molecular complexity index is 681. The molecule has 2 N–H and O–H groups in total. The summed E-state index contributed by atoms with van der Waals surface area (Å²) in [6, 6.07) is 7.88. The lowest BCUT2D eigenvalue weighted by atomic mass is 9.94. The molecule has 2 aromatic rings. The van der Waals surface area contributed by atoms with Gasteiger partial charge >= 0.3 is 0 Å². The topological polar surface area (TPSA) is 101 Å². The molecule has 1 aromatic carbocycles. The van der Waals surface area contributed by atoms with Gasteiger partial charge in [0.05, 0.1) is 5.92 Å². The second kappa shape index (κ2) is 6.68. The van der Waals surface area contributed by atoms with E-state index in [4.69, 9.17) is 0 Å². The molecule has 1 fully saturated rings. The van der Waals surface area contributed by atoms with Crippen molar-refractivity contribution in [1.82, 2.24) is 20.6 Å². The molecule has 0 radical (unpaired) electrons. The fraction of sp³-hybridized carbons (Fsp3) is 0.438. The van der Waals surface area contributed by atoms with Crippen molar-refractivity contribution in [1.29, 1.82) is 0 Å². The summed E-state index contributed by atoms with van der Waals surface area (Å²) in [5.74, 6) is 0.195. The van der Waals surface area contributed by atoms with Gasteiger partial charge in [0.1, 0.15) is 5.78 Å². The first kappa shape index (κ1) is 15.3. The summed E-state index contributed by atoms with van der Waals surface area (Å²) in [6.07, 6.45) is 3.51. The fourth-order valence-corrected chi connectivity index (χ4v) is 2.92. The second-order valence-electron chi connectivity index (χ2n) is 5.95. The number of H-pyrrole nitrogens is 1. The van der Waals surface area contributed by atoms with Gasteiger partial charge in [-0.05, 0) is 42.5 Å². The average molecular weight is 313 g/mol. The highest BCUT2D eigenvalue weighted by atomic mass is 16.2. The lowest BCUT2D eigenvalue weighted by Gasteiger charge is -2.12. The molecule has 23 heavy (non-hydrogen) atoms. The Hall–Kier alpha value is -2.57. The predicted octanol–water partition coefficient (Wildman–Crippen LogP) is 1.85. The molecule has 1 aliphatic carbocycles. The molecule has 2 atom stereocenters. The van der Waals surface area contributed by atoms with Crippen molar-refractivity contribution < 1.29 is 9.59 Å². The molecule has 1 aromatic heterocycles. The average Bonchev–Trinajstić information content (AvgIpc) is 3.20. The van der Waals surface area contributed by atoms with E-state index in [-0.39, 0.29) is 23.7 Å². The number of aromatic amines is 1. The van der Waals surface area contributed by atoms with E-state index >= 15 is 0 Å². The molecule has 7 heteroatoms. The largest absolute Gasteiger partial charge is 0.299 e. The van der Waals surface area contributed by atoms with Crippen LogP contribution in [0.5, 0.6) is 0 Å². The van der Waals surface area contributed by atoms with Gasteiger partial charge in [0, 0.05) is 12.3 Å². The highest BCUT2D eigenvalue weighted by Gasteiger charge is 2.24. The molecule has 120 valence electrons. The zero-order chi connectivity index (χ0) is 16.2. The van der Waals surface area contributed by atoms with Crippen molar-refractivity contribution in [2.45, 2.75) is 38.5 Å². The highest BCUT2D eigenvalue weighted by Crippen LogP contribution is 2.26. The summed E-state index contributed by atoms with van der Waals surface area (Å²) < 4.78 is 0. The fourth-order valence-electron chi connectivity index (χ4n) is 2.92. The molecule has 0 aliphatic heterocycles. The Morgan fingerprint density at radius 1 is 1.39 bits per heavy atom. The quantitative estimate of drug-likeness (QED) is 0.877. The van der Waals surface area contributed by atoms with Crippen LogP contribution >= 0.6 is 0 Å². The van der Waals surface area contributed by atoms with Crippen LogP contribution in [0.25, 0.3) is 0 Å². The molecular formula is C16H19N5O2. The van der Waals surface area contributed by atoms with Crippen molar-refractivity contribution in [2.75, 3.05) is 5.32 Å². The number of nitrogens with zero attached hydrogens (tertiary/aromatic N) is 3. The van der Waals surface area contributed by atoms with E-state index in [0.29, 0.717) is 5.78 Å². The smallest absolute Gasteiger partial charge is 0.269 e. The van der Waals surface area contributed by atoms with E-state index in [0.717, 1.165) is 36.8 Å². The van der Waals surface area contributed by atoms with Gasteiger partial charge < -0.3 is 0 Å². The third-order valence-corrected chi connectivity index (χ3v) is 4.37. The molecule has 2 unspecified atom stereocenters. The van der Waals surface area contributed by atoms with Gasteiger partial charge in [-0.2, -0.15) is 5.21 Å². The summed E-state index contributed by atoms with van der Waals surface area (Å²) in [4.78, 5) is 23.9. The lowest BCUT2D eigenvalue weighted by molar-refractivity contribution is -0.120. The Labute approximate surface area is 133 Å². The summed E-state index contributed by atoms with van der Waals surface area (Å²) >= 11 is 0. The maximum atomic E-state index is 12.1. The van der Waals surface area contributed by atoms with E-state index in [1.54, 1.807) is 0 Å². The van der Waals surface area contributed by atoms with E-state index in [1.165, 1.54) is 0 Å². The van der Waals surface area contributed by atoms with Crippen LogP contribution in [-0.2, 0) is 16.0 Å². The zero-order valence-electron chi connectivity index (χ0n) is 13.0. The number of benzene rings is 1. The molecule has 0 bridgehead atoms. The molecule has 1 saturated carbocycles. The summed E-state index contributed by atoms with van der Waals surface area (Å²) in [5, 5.41) is 15.7. The van der Waals surface area contributed by atoms with Crippen LogP contribution in [0.15, 0.2) is 24.3 Å². The third-order valence-electron chi connectivity index (χ3n) is 4.37. The van der Waals surface area contributed by atoms with Gasteiger partial charge in [0.2, 0.25) is 5.91 Å². The van der Waals surface area contributed by atoms with Crippen molar-refractivity contribution >= 4 is 17.6 Å².